The molecule has 0 spiro atoms. The van der Waals surface area contributed by atoms with Crippen molar-refractivity contribution in [1.29, 1.82) is 0 Å². The predicted octanol–water partition coefficient (Wildman–Crippen LogP) is 3.62. The Labute approximate surface area is 178 Å². The molecule has 0 saturated carbocycles. The van der Waals surface area contributed by atoms with E-state index in [0.29, 0.717) is 16.5 Å². The Hall–Kier alpha value is -3.84. The van der Waals surface area contributed by atoms with Crippen molar-refractivity contribution in [2.75, 3.05) is 0 Å². The third-order valence-electron chi connectivity index (χ3n) is 5.07. The van der Waals surface area contributed by atoms with Crippen LogP contribution in [-0.4, -0.2) is 27.7 Å². The second-order valence-corrected chi connectivity index (χ2v) is 7.31. The molecule has 1 atom stereocenters. The molecule has 3 aromatic rings. The fraction of sp³-hybridized carbons (Fsp3) is 0.0455. The van der Waals surface area contributed by atoms with Crippen LogP contribution in [0.2, 0.25) is 5.02 Å². The summed E-state index contributed by atoms with van der Waals surface area (Å²) < 4.78 is 0. The summed E-state index contributed by atoms with van der Waals surface area (Å²) in [6.07, 6.45) is 0. The molecule has 148 valence electrons. The van der Waals surface area contributed by atoms with Gasteiger partial charge in [-0.15, -0.1) is 5.10 Å². The minimum atomic E-state index is -0.280. The summed E-state index contributed by atoms with van der Waals surface area (Å²) in [6.45, 7) is 0. The van der Waals surface area contributed by atoms with E-state index >= 15 is 0 Å². The largest absolute Gasteiger partial charge is 0.320 e. The summed E-state index contributed by atoms with van der Waals surface area (Å²) in [7, 11) is 0. The molecule has 2 aliphatic heterocycles. The molecule has 1 unspecified atom stereocenters. The molecule has 3 aromatic carbocycles. The van der Waals surface area contributed by atoms with Crippen LogP contribution in [0.5, 0.6) is 0 Å². The van der Waals surface area contributed by atoms with Gasteiger partial charge in [0.05, 0.1) is 5.69 Å². The van der Waals surface area contributed by atoms with Gasteiger partial charge in [0, 0.05) is 16.1 Å². The van der Waals surface area contributed by atoms with Crippen LogP contribution >= 0.6 is 11.6 Å². The highest BCUT2D eigenvalue weighted by Crippen LogP contribution is 2.41. The number of hydrogen-bond acceptors (Lipinski definition) is 5. The van der Waals surface area contributed by atoms with Crippen LogP contribution in [0, 0.1) is 0 Å². The Bertz CT molecular complexity index is 1180. The number of aliphatic imine (C=N–C) groups is 1. The van der Waals surface area contributed by atoms with Gasteiger partial charge in [-0.05, 0) is 35.9 Å². The van der Waals surface area contributed by atoms with E-state index in [1.165, 1.54) is 4.90 Å². The molecule has 30 heavy (non-hydrogen) atoms. The summed E-state index contributed by atoms with van der Waals surface area (Å²) in [5.41, 5.74) is 6.29. The average molecular weight is 417 g/mol. The number of fused-ring (bicyclic) bond motifs is 2. The summed E-state index contributed by atoms with van der Waals surface area (Å²) in [5.74, 6) is 5.95. The van der Waals surface area contributed by atoms with Crippen LogP contribution in [-0.2, 0) is 0 Å². The normalized spacial score (nSPS) is 18.5. The Kier molecular flexibility index (Phi) is 4.37. The van der Waals surface area contributed by atoms with Gasteiger partial charge in [0.2, 0.25) is 11.9 Å². The van der Waals surface area contributed by atoms with Crippen molar-refractivity contribution in [3.05, 3.63) is 101 Å². The lowest BCUT2D eigenvalue weighted by molar-refractivity contribution is 0.0901. The van der Waals surface area contributed by atoms with E-state index in [1.54, 1.807) is 35.3 Å². The van der Waals surface area contributed by atoms with Crippen LogP contribution in [0.15, 0.2) is 89.0 Å². The number of carbonyl (C=O) groups is 1. The van der Waals surface area contributed by atoms with Gasteiger partial charge >= 0.3 is 0 Å². The summed E-state index contributed by atoms with van der Waals surface area (Å²) in [4.78, 5) is 19.4. The number of guanidine groups is 2. The molecule has 0 aromatic heterocycles. The van der Waals surface area contributed by atoms with Gasteiger partial charge in [-0.3, -0.25) is 10.2 Å². The topological polar surface area (TPSA) is 86.3 Å². The number of amides is 1. The molecule has 5 rings (SSSR count). The van der Waals surface area contributed by atoms with Crippen molar-refractivity contribution < 1.29 is 4.79 Å². The second kappa shape index (κ2) is 7.20. The Morgan fingerprint density at radius 1 is 1.03 bits per heavy atom. The van der Waals surface area contributed by atoms with Gasteiger partial charge in [-0.25, -0.2) is 14.9 Å². The number of hydrogen-bond donors (Lipinski definition) is 2. The van der Waals surface area contributed by atoms with Crippen molar-refractivity contribution in [3.63, 3.8) is 0 Å². The van der Waals surface area contributed by atoms with Crippen molar-refractivity contribution >= 4 is 35.1 Å². The van der Waals surface area contributed by atoms with Crippen molar-refractivity contribution in [1.82, 2.24) is 15.3 Å². The molecule has 0 radical (unpaired) electrons. The van der Waals surface area contributed by atoms with Crippen LogP contribution in [0.1, 0.15) is 27.5 Å². The Balaban J connectivity index is 1.68. The lowest BCUT2D eigenvalue weighted by Crippen LogP contribution is -2.43. The van der Waals surface area contributed by atoms with E-state index in [0.717, 1.165) is 16.8 Å². The molecule has 3 N–H and O–H groups in total. The maximum atomic E-state index is 13.3. The average Bonchev–Trinajstić information content (AvgIpc) is 3.16. The second-order valence-electron chi connectivity index (χ2n) is 6.87. The molecule has 0 bridgehead atoms. The smallest absolute Gasteiger partial charge is 0.267 e. The lowest BCUT2D eigenvalue weighted by Gasteiger charge is -2.33. The van der Waals surface area contributed by atoms with Gasteiger partial charge in [0.25, 0.3) is 5.91 Å². The minimum Gasteiger partial charge on any atom is -0.320 e. The third kappa shape index (κ3) is 2.87. The van der Waals surface area contributed by atoms with Gasteiger partial charge in [-0.2, -0.15) is 0 Å². The van der Waals surface area contributed by atoms with Crippen molar-refractivity contribution in [3.8, 4) is 0 Å². The number of hydrazone groups is 1. The molecule has 2 aliphatic rings. The Morgan fingerprint density at radius 3 is 2.43 bits per heavy atom. The number of hydrazine groups is 1. The predicted molar refractivity (Wildman–Crippen MR) is 116 cm³/mol. The molecule has 2 heterocycles. The molecule has 0 aliphatic carbocycles. The highest BCUT2D eigenvalue weighted by Gasteiger charge is 2.44. The third-order valence-corrected chi connectivity index (χ3v) is 5.31. The van der Waals surface area contributed by atoms with Crippen LogP contribution < -0.4 is 11.3 Å². The zero-order chi connectivity index (χ0) is 20.7. The summed E-state index contributed by atoms with van der Waals surface area (Å²) in [5, 5.41) is 6.21. The Morgan fingerprint density at radius 2 is 1.73 bits per heavy atom. The minimum absolute atomic E-state index is 0.197. The fourth-order valence-corrected chi connectivity index (χ4v) is 3.92. The molecule has 1 amide bonds. The molecule has 8 heteroatoms. The first-order valence-corrected chi connectivity index (χ1v) is 9.71. The first kappa shape index (κ1) is 18.2. The SMILES string of the molecule is N/N=C1\NN2C(=Nc3ccc(Cl)cc3C2c2ccccc2)N1C(=O)c1ccccc1. The monoisotopic (exact) mass is 416 g/mol. The van der Waals surface area contributed by atoms with E-state index in [1.807, 2.05) is 48.5 Å². The van der Waals surface area contributed by atoms with E-state index in [9.17, 15) is 4.79 Å². The number of halogens is 1. The molecule has 7 nitrogen and oxygen atoms in total. The van der Waals surface area contributed by atoms with E-state index in [-0.39, 0.29) is 17.9 Å². The molecule has 1 fully saturated rings. The number of nitrogens with two attached hydrogens (primary N) is 1. The van der Waals surface area contributed by atoms with Crippen molar-refractivity contribution in [2.45, 2.75) is 6.04 Å². The summed E-state index contributed by atoms with van der Waals surface area (Å²) in [6, 6.07) is 24.1. The molecular weight excluding hydrogens is 400 g/mol. The van der Waals surface area contributed by atoms with Gasteiger partial charge < -0.3 is 5.84 Å². The van der Waals surface area contributed by atoms with Gasteiger partial charge in [0.15, 0.2) is 0 Å². The zero-order valence-electron chi connectivity index (χ0n) is 15.7. The first-order valence-electron chi connectivity index (χ1n) is 9.34. The first-order chi connectivity index (χ1) is 14.7. The zero-order valence-corrected chi connectivity index (χ0v) is 16.5. The number of carbonyl (C=O) groups excluding carboxylic acids is 1. The fourth-order valence-electron chi connectivity index (χ4n) is 3.73. The van der Waals surface area contributed by atoms with Crippen LogP contribution in [0.25, 0.3) is 0 Å². The van der Waals surface area contributed by atoms with E-state index in [2.05, 4.69) is 10.5 Å². The molecular formula is C22H17ClN6O. The van der Waals surface area contributed by atoms with Crippen LogP contribution in [0.3, 0.4) is 0 Å². The highest BCUT2D eigenvalue weighted by atomic mass is 35.5. The lowest BCUT2D eigenvalue weighted by atomic mass is 9.95. The summed E-state index contributed by atoms with van der Waals surface area (Å²) >= 11 is 6.29. The number of nitrogens with zero attached hydrogens (tertiary/aromatic N) is 4. The van der Waals surface area contributed by atoms with Gasteiger partial charge in [0.1, 0.15) is 6.04 Å². The quantitative estimate of drug-likeness (QED) is 0.493. The standard InChI is InChI=1S/C22H17ClN6O/c23-16-11-12-18-17(13-16)19(14-7-3-1-4-8-14)29-22(25-18)28(21(26-24)27-29)20(30)15-9-5-2-6-10-15/h1-13,19H,24H2,(H,26,27). The van der Waals surface area contributed by atoms with Gasteiger partial charge in [-0.1, -0.05) is 60.1 Å². The number of nitrogens with one attached hydrogen (secondary N) is 1. The van der Waals surface area contributed by atoms with Crippen LogP contribution in [0.4, 0.5) is 5.69 Å². The maximum absolute atomic E-state index is 13.3. The highest BCUT2D eigenvalue weighted by molar-refractivity contribution is 6.30. The number of benzene rings is 3. The molecule has 1 saturated heterocycles. The maximum Gasteiger partial charge on any atom is 0.267 e. The van der Waals surface area contributed by atoms with E-state index in [4.69, 9.17) is 22.4 Å². The van der Waals surface area contributed by atoms with Crippen molar-refractivity contribution in [2.24, 2.45) is 15.9 Å². The number of rotatable bonds is 2. The van der Waals surface area contributed by atoms with E-state index < -0.39 is 0 Å².